The van der Waals surface area contributed by atoms with Crippen LogP contribution in [0.2, 0.25) is 0 Å². The molecule has 0 aliphatic carbocycles. The van der Waals surface area contributed by atoms with Gasteiger partial charge in [0.2, 0.25) is 0 Å². The van der Waals surface area contributed by atoms with Gasteiger partial charge in [-0.25, -0.2) is 4.79 Å². The first-order valence-corrected chi connectivity index (χ1v) is 10.9. The topological polar surface area (TPSA) is 144 Å². The Balaban J connectivity index is 0.000000273. The van der Waals surface area contributed by atoms with Gasteiger partial charge in [0.05, 0.1) is 5.56 Å². The van der Waals surface area contributed by atoms with Crippen LogP contribution in [0.4, 0.5) is 5.69 Å². The third-order valence-electron chi connectivity index (χ3n) is 3.19. The molecule has 2 rings (SSSR count). The van der Waals surface area contributed by atoms with Crippen molar-refractivity contribution in [2.24, 2.45) is 0 Å². The summed E-state index contributed by atoms with van der Waals surface area (Å²) in [6, 6.07) is 10.5. The summed E-state index contributed by atoms with van der Waals surface area (Å²) in [5.74, 6) is -1.71. The minimum Gasteiger partial charge on any atom is -0.478 e. The number of carboxylic acids is 1. The van der Waals surface area contributed by atoms with Gasteiger partial charge in [0.25, 0.3) is 0 Å². The van der Waals surface area contributed by atoms with Crippen molar-refractivity contribution in [1.82, 2.24) is 0 Å². The van der Waals surface area contributed by atoms with E-state index in [1.165, 1.54) is 13.0 Å². The number of carbonyl (C=O) groups is 2. The molecule has 26 heavy (non-hydrogen) atoms. The molecule has 0 heterocycles. The van der Waals surface area contributed by atoms with Crippen molar-refractivity contribution >= 4 is 36.1 Å². The van der Waals surface area contributed by atoms with Crippen LogP contribution in [0.5, 0.6) is 5.75 Å². The number of nitrogens with one attached hydrogen (secondary N) is 1. The molecule has 2 aromatic carbocycles. The van der Waals surface area contributed by atoms with Crippen LogP contribution in [-0.2, 0) is 15.0 Å². The average Bonchev–Trinajstić information content (AvgIpc) is 2.53. The summed E-state index contributed by atoms with van der Waals surface area (Å²) < 4.78 is 28.2. The first kappa shape index (κ1) is 21.5. The molecular formula is C17H20AsNO7. The van der Waals surface area contributed by atoms with Crippen LogP contribution >= 0.6 is 0 Å². The molecule has 0 aromatic heterocycles. The van der Waals surface area contributed by atoms with Crippen LogP contribution in [0.3, 0.4) is 0 Å². The molecule has 140 valence electrons. The molecule has 0 fully saturated rings. The molecule has 0 atom stereocenters. The number of benzene rings is 2. The van der Waals surface area contributed by atoms with Crippen molar-refractivity contribution in [3.63, 3.8) is 0 Å². The van der Waals surface area contributed by atoms with E-state index in [0.29, 0.717) is 5.56 Å². The van der Waals surface area contributed by atoms with Gasteiger partial charge in [-0.15, -0.1) is 0 Å². The van der Waals surface area contributed by atoms with Gasteiger partial charge < -0.3 is 5.11 Å². The van der Waals surface area contributed by atoms with E-state index in [-0.39, 0.29) is 11.6 Å². The number of hydrogen-bond donors (Lipinski definition) is 5. The summed E-state index contributed by atoms with van der Waals surface area (Å²) in [6.45, 7) is 3.29. The first-order valence-electron chi connectivity index (χ1n) is 7.53. The van der Waals surface area contributed by atoms with Crippen molar-refractivity contribution in [3.8, 4) is 5.75 Å². The summed E-state index contributed by atoms with van der Waals surface area (Å²) in [6.07, 6.45) is 0.876. The Hall–Kier alpha value is -2.54. The van der Waals surface area contributed by atoms with Gasteiger partial charge in [0.1, 0.15) is 0 Å². The number of aromatic carboxylic acids is 1. The Morgan fingerprint density at radius 3 is 2.23 bits per heavy atom. The van der Waals surface area contributed by atoms with Crippen LogP contribution in [0, 0.1) is 0 Å². The molecule has 9 heteroatoms. The van der Waals surface area contributed by atoms with E-state index in [4.69, 9.17) is 13.3 Å². The van der Waals surface area contributed by atoms with Crippen molar-refractivity contribution in [1.29, 1.82) is 0 Å². The van der Waals surface area contributed by atoms with Crippen molar-refractivity contribution < 1.29 is 31.7 Å². The molecule has 8 nitrogen and oxygen atoms in total. The third kappa shape index (κ3) is 6.76. The molecule has 0 spiro atoms. The Bertz CT molecular complexity index is 845. The number of hydrogen-bond acceptors (Lipinski definition) is 4. The summed E-state index contributed by atoms with van der Waals surface area (Å²) in [5.41, 5.74) is 1.71. The Morgan fingerprint density at radius 1 is 1.12 bits per heavy atom. The largest absolute Gasteiger partial charge is 0.478 e. The second kappa shape index (κ2) is 9.24. The smallest absolute Gasteiger partial charge is 0.335 e. The number of phenols is 1. The molecule has 0 saturated heterocycles. The molecule has 1 amide bonds. The summed E-state index contributed by atoms with van der Waals surface area (Å²) in [7, 11) is 0. The zero-order valence-electron chi connectivity index (χ0n) is 14.2. The van der Waals surface area contributed by atoms with Crippen molar-refractivity contribution in [2.45, 2.75) is 20.3 Å². The average molecular weight is 425 g/mol. The maximum Gasteiger partial charge on any atom is 0.335 e. The van der Waals surface area contributed by atoms with Gasteiger partial charge in [-0.05, 0) is 24.1 Å². The molecule has 0 radical (unpaired) electrons. The summed E-state index contributed by atoms with van der Waals surface area (Å²) in [4.78, 5) is 21.1. The van der Waals surface area contributed by atoms with Gasteiger partial charge >= 0.3 is 94.1 Å². The van der Waals surface area contributed by atoms with E-state index in [2.05, 4.69) is 5.32 Å². The van der Waals surface area contributed by atoms with E-state index in [9.17, 15) is 18.4 Å². The molecular weight excluding hydrogens is 405 g/mol. The number of carbonyl (C=O) groups excluding carboxylic acids is 1. The Kier molecular flexibility index (Phi) is 7.64. The summed E-state index contributed by atoms with van der Waals surface area (Å²) >= 11 is -5.09. The normalized spacial score (nSPS) is 10.5. The van der Waals surface area contributed by atoms with E-state index < -0.39 is 30.2 Å². The molecule has 0 unspecified atom stereocenters. The van der Waals surface area contributed by atoms with Crippen molar-refractivity contribution in [3.05, 3.63) is 53.6 Å². The monoisotopic (exact) mass is 425 g/mol. The van der Waals surface area contributed by atoms with Crippen LogP contribution in [0.1, 0.15) is 29.8 Å². The number of rotatable bonds is 4. The number of aryl methyl sites for hydroxylation is 1. The van der Waals surface area contributed by atoms with Crippen LogP contribution in [0.25, 0.3) is 0 Å². The SMILES string of the molecule is CC(=O)Nc1ccc([As](=O)(O)O)c(O)c1.CCc1cccc(C(=O)O)c1. The predicted octanol–water partition coefficient (Wildman–Crippen LogP) is 0.859. The van der Waals surface area contributed by atoms with Gasteiger partial charge in [-0.2, -0.15) is 0 Å². The minimum absolute atomic E-state index is 0.285. The second-order valence-corrected chi connectivity index (χ2v) is 8.58. The van der Waals surface area contributed by atoms with Crippen LogP contribution < -0.4 is 9.67 Å². The standard InChI is InChI=1S/C9H10O2.C8H10AsNO5/c1-2-7-4-3-5-8(6-7)9(10)11;1-5(11)10-6-2-3-7(8(12)4-6)9(13,14)15/h3-6H,2H2,1H3,(H,10,11);2-4,12H,1H3,(H,10,11)(H2,13,14,15). The van der Waals surface area contributed by atoms with Crippen LogP contribution in [0.15, 0.2) is 42.5 Å². The van der Waals surface area contributed by atoms with Gasteiger partial charge in [0, 0.05) is 0 Å². The number of aromatic hydroxyl groups is 1. The Labute approximate surface area is 153 Å². The molecule has 0 aliphatic heterocycles. The quantitative estimate of drug-likeness (QED) is 0.457. The molecule has 0 aliphatic rings. The zero-order chi connectivity index (χ0) is 19.9. The molecule has 0 saturated carbocycles. The second-order valence-electron chi connectivity index (χ2n) is 5.29. The fraction of sp³-hybridized carbons (Fsp3) is 0.176. The zero-order valence-corrected chi connectivity index (χ0v) is 16.1. The predicted molar refractivity (Wildman–Crippen MR) is 95.7 cm³/mol. The van der Waals surface area contributed by atoms with E-state index in [1.54, 1.807) is 18.2 Å². The van der Waals surface area contributed by atoms with Gasteiger partial charge in [0.15, 0.2) is 0 Å². The van der Waals surface area contributed by atoms with E-state index in [0.717, 1.165) is 24.1 Å². The number of anilines is 1. The summed E-state index contributed by atoms with van der Waals surface area (Å²) in [5, 5.41) is 20.3. The Morgan fingerprint density at radius 2 is 1.77 bits per heavy atom. The minimum atomic E-state index is -5.09. The number of phenolic OH excluding ortho intramolecular Hbond substituents is 1. The van der Waals surface area contributed by atoms with Gasteiger partial charge in [-0.1, -0.05) is 19.1 Å². The molecule has 2 aromatic rings. The van der Waals surface area contributed by atoms with E-state index in [1.807, 2.05) is 13.0 Å². The maximum absolute atomic E-state index is 10.9. The molecule has 0 bridgehead atoms. The van der Waals surface area contributed by atoms with Gasteiger partial charge in [-0.3, -0.25) is 0 Å². The fourth-order valence-corrected chi connectivity index (χ4v) is 3.30. The fourth-order valence-electron chi connectivity index (χ4n) is 1.98. The first-order chi connectivity index (χ1) is 12.0. The third-order valence-corrected chi connectivity index (χ3v) is 5.30. The molecule has 5 N–H and O–H groups in total. The maximum atomic E-state index is 10.9. The van der Waals surface area contributed by atoms with Crippen LogP contribution in [-0.4, -0.2) is 44.5 Å². The number of amides is 1. The van der Waals surface area contributed by atoms with Crippen molar-refractivity contribution in [2.75, 3.05) is 5.32 Å². The van der Waals surface area contributed by atoms with E-state index >= 15 is 0 Å². The number of carboxylic acid groups (broad SMARTS) is 1.